The highest BCUT2D eigenvalue weighted by Crippen LogP contribution is 2.13. The predicted octanol–water partition coefficient (Wildman–Crippen LogP) is 1.70. The van der Waals surface area contributed by atoms with Crippen molar-refractivity contribution in [2.24, 2.45) is 7.05 Å². The largest absolute Gasteiger partial charge is 0.497 e. The molecule has 5 nitrogen and oxygen atoms in total. The topological polar surface area (TPSA) is 53.2 Å². The molecule has 3 aromatic rings. The molecule has 0 atom stereocenters. The Bertz CT molecular complexity index is 921. The second-order valence-corrected chi connectivity index (χ2v) is 4.70. The maximum atomic E-state index is 12.6. The molecule has 1 heterocycles. The van der Waals surface area contributed by atoms with E-state index >= 15 is 0 Å². The number of rotatable bonds is 2. The molecule has 0 aliphatic heterocycles. The van der Waals surface area contributed by atoms with E-state index in [2.05, 4.69) is 0 Å². The van der Waals surface area contributed by atoms with Gasteiger partial charge in [-0.05, 0) is 36.4 Å². The van der Waals surface area contributed by atoms with Crippen LogP contribution in [0.4, 0.5) is 0 Å². The van der Waals surface area contributed by atoms with Gasteiger partial charge >= 0.3 is 5.69 Å². The molecule has 0 unspecified atom stereocenters. The summed E-state index contributed by atoms with van der Waals surface area (Å²) in [7, 11) is 3.22. The molecule has 0 aliphatic rings. The minimum absolute atomic E-state index is 0.320. The third-order valence-electron chi connectivity index (χ3n) is 3.51. The van der Waals surface area contributed by atoms with E-state index < -0.39 is 0 Å². The van der Waals surface area contributed by atoms with E-state index in [-0.39, 0.29) is 11.2 Å². The van der Waals surface area contributed by atoms with E-state index in [0.29, 0.717) is 22.3 Å². The van der Waals surface area contributed by atoms with Crippen molar-refractivity contribution in [2.45, 2.75) is 0 Å². The summed E-state index contributed by atoms with van der Waals surface area (Å²) in [6.45, 7) is 0. The van der Waals surface area contributed by atoms with E-state index in [0.717, 1.165) is 0 Å². The number of ether oxygens (including phenoxy) is 1. The lowest BCUT2D eigenvalue weighted by atomic mass is 10.2. The summed E-state index contributed by atoms with van der Waals surface area (Å²) in [4.78, 5) is 25.0. The van der Waals surface area contributed by atoms with Crippen molar-refractivity contribution < 1.29 is 4.74 Å². The first kappa shape index (κ1) is 13.2. The number of benzene rings is 2. The Morgan fingerprint density at radius 2 is 1.62 bits per heavy atom. The Hall–Kier alpha value is -2.82. The van der Waals surface area contributed by atoms with Gasteiger partial charge in [-0.25, -0.2) is 9.36 Å². The molecule has 0 bridgehead atoms. The highest BCUT2D eigenvalue weighted by Gasteiger charge is 2.11. The smallest absolute Gasteiger partial charge is 0.335 e. The number of aryl methyl sites for hydroxylation is 1. The number of hydrogen-bond acceptors (Lipinski definition) is 3. The summed E-state index contributed by atoms with van der Waals surface area (Å²) in [5, 5.41) is 0.510. The van der Waals surface area contributed by atoms with Crippen LogP contribution in [0.2, 0.25) is 0 Å². The predicted molar refractivity (Wildman–Crippen MR) is 81.3 cm³/mol. The molecule has 0 radical (unpaired) electrons. The molecular weight excluding hydrogens is 268 g/mol. The van der Waals surface area contributed by atoms with Crippen LogP contribution >= 0.6 is 0 Å². The van der Waals surface area contributed by atoms with Crippen LogP contribution in [0.25, 0.3) is 16.6 Å². The van der Waals surface area contributed by atoms with Crippen LogP contribution < -0.4 is 16.0 Å². The van der Waals surface area contributed by atoms with Gasteiger partial charge in [0.15, 0.2) is 0 Å². The van der Waals surface area contributed by atoms with Gasteiger partial charge in [-0.1, -0.05) is 12.1 Å². The van der Waals surface area contributed by atoms with Crippen LogP contribution in [0, 0.1) is 0 Å². The van der Waals surface area contributed by atoms with Gasteiger partial charge in [-0.2, -0.15) is 0 Å². The quantitative estimate of drug-likeness (QED) is 0.719. The van der Waals surface area contributed by atoms with Gasteiger partial charge in [0.25, 0.3) is 5.56 Å². The Labute approximate surface area is 120 Å². The second-order valence-electron chi connectivity index (χ2n) is 4.70. The zero-order chi connectivity index (χ0) is 15.0. The second kappa shape index (κ2) is 4.94. The van der Waals surface area contributed by atoms with Crippen LogP contribution in [-0.2, 0) is 7.05 Å². The zero-order valence-corrected chi connectivity index (χ0v) is 11.7. The molecule has 3 rings (SSSR count). The molecule has 2 aromatic carbocycles. The molecule has 1 aromatic heterocycles. The standard InChI is InChI=1S/C16H14N2O3/c1-17-14-6-4-3-5-13(14)15(19)18(16(17)20)11-7-9-12(21-2)10-8-11/h3-10H,1-2H3. The molecule has 0 N–H and O–H groups in total. The van der Waals surface area contributed by atoms with Crippen LogP contribution in [-0.4, -0.2) is 16.2 Å². The van der Waals surface area contributed by atoms with E-state index in [9.17, 15) is 9.59 Å². The van der Waals surface area contributed by atoms with Crippen molar-refractivity contribution in [1.29, 1.82) is 0 Å². The van der Waals surface area contributed by atoms with Crippen LogP contribution in [0.1, 0.15) is 0 Å². The summed E-state index contributed by atoms with van der Waals surface area (Å²) < 4.78 is 7.73. The maximum Gasteiger partial charge on any atom is 0.335 e. The average Bonchev–Trinajstić information content (AvgIpc) is 2.53. The number of methoxy groups -OCH3 is 1. The van der Waals surface area contributed by atoms with Gasteiger partial charge in [0, 0.05) is 7.05 Å². The molecular formula is C16H14N2O3. The zero-order valence-electron chi connectivity index (χ0n) is 11.7. The summed E-state index contributed by atoms with van der Waals surface area (Å²) in [5.41, 5.74) is 0.451. The van der Waals surface area contributed by atoms with Crippen LogP contribution in [0.3, 0.4) is 0 Å². The average molecular weight is 282 g/mol. The Morgan fingerprint density at radius 1 is 0.952 bits per heavy atom. The lowest BCUT2D eigenvalue weighted by molar-refractivity contribution is 0.414. The first-order valence-corrected chi connectivity index (χ1v) is 6.48. The van der Waals surface area contributed by atoms with Gasteiger partial charge in [-0.15, -0.1) is 0 Å². The summed E-state index contributed by atoms with van der Waals surface area (Å²) in [5.74, 6) is 0.671. The van der Waals surface area contributed by atoms with E-state index in [1.807, 2.05) is 0 Å². The first-order valence-electron chi connectivity index (χ1n) is 6.48. The lowest BCUT2D eigenvalue weighted by Gasteiger charge is -2.11. The molecule has 106 valence electrons. The van der Waals surface area contributed by atoms with Gasteiger partial charge < -0.3 is 4.74 Å². The van der Waals surface area contributed by atoms with Crippen molar-refractivity contribution in [3.63, 3.8) is 0 Å². The van der Waals surface area contributed by atoms with Gasteiger partial charge in [-0.3, -0.25) is 9.36 Å². The Kier molecular flexibility index (Phi) is 3.10. The first-order chi connectivity index (χ1) is 10.1. The highest BCUT2D eigenvalue weighted by molar-refractivity contribution is 5.78. The molecule has 0 fully saturated rings. The van der Waals surface area contributed by atoms with Gasteiger partial charge in [0.2, 0.25) is 0 Å². The summed E-state index contributed by atoms with van der Waals surface area (Å²) in [6.07, 6.45) is 0. The molecule has 0 aliphatic carbocycles. The highest BCUT2D eigenvalue weighted by atomic mass is 16.5. The van der Waals surface area contributed by atoms with Gasteiger partial charge in [0.1, 0.15) is 5.75 Å². The van der Waals surface area contributed by atoms with Crippen molar-refractivity contribution in [1.82, 2.24) is 9.13 Å². The van der Waals surface area contributed by atoms with Gasteiger partial charge in [0.05, 0.1) is 23.7 Å². The Balaban J connectivity index is 2.37. The monoisotopic (exact) mass is 282 g/mol. The van der Waals surface area contributed by atoms with E-state index in [1.54, 1.807) is 62.7 Å². The fourth-order valence-corrected chi connectivity index (χ4v) is 2.37. The SMILES string of the molecule is COc1ccc(-n2c(=O)c3ccccc3n(C)c2=O)cc1. The third-order valence-corrected chi connectivity index (χ3v) is 3.51. The minimum Gasteiger partial charge on any atom is -0.497 e. The van der Waals surface area contributed by atoms with Crippen LogP contribution in [0.15, 0.2) is 58.1 Å². The minimum atomic E-state index is -0.371. The van der Waals surface area contributed by atoms with E-state index in [4.69, 9.17) is 4.74 Å². The molecule has 21 heavy (non-hydrogen) atoms. The van der Waals surface area contributed by atoms with E-state index in [1.165, 1.54) is 9.13 Å². The molecule has 0 spiro atoms. The van der Waals surface area contributed by atoms with Crippen molar-refractivity contribution in [3.05, 3.63) is 69.4 Å². The fraction of sp³-hybridized carbons (Fsp3) is 0.125. The lowest BCUT2D eigenvalue weighted by Crippen LogP contribution is -2.37. The molecule has 0 saturated carbocycles. The fourth-order valence-electron chi connectivity index (χ4n) is 2.37. The maximum absolute atomic E-state index is 12.6. The summed E-state index contributed by atoms with van der Waals surface area (Å²) in [6, 6.07) is 13.9. The third kappa shape index (κ3) is 2.03. The summed E-state index contributed by atoms with van der Waals surface area (Å²) >= 11 is 0. The van der Waals surface area contributed by atoms with Crippen LogP contribution in [0.5, 0.6) is 5.75 Å². The Morgan fingerprint density at radius 3 is 2.29 bits per heavy atom. The number of hydrogen-bond donors (Lipinski definition) is 0. The number of nitrogens with zero attached hydrogens (tertiary/aromatic N) is 2. The normalized spacial score (nSPS) is 10.8. The van der Waals surface area contributed by atoms with Crippen molar-refractivity contribution >= 4 is 10.9 Å². The number of aromatic nitrogens is 2. The molecule has 0 amide bonds. The number of para-hydroxylation sites is 1. The van der Waals surface area contributed by atoms with Crippen molar-refractivity contribution in [2.75, 3.05) is 7.11 Å². The van der Waals surface area contributed by atoms with Crippen molar-refractivity contribution in [3.8, 4) is 11.4 Å². The molecule has 5 heteroatoms. The molecule has 0 saturated heterocycles. The number of fused-ring (bicyclic) bond motifs is 1.